The predicted octanol–water partition coefficient (Wildman–Crippen LogP) is 4.92. The number of fused-ring (bicyclic) bond motifs is 1. The van der Waals surface area contributed by atoms with Crippen LogP contribution in [0.15, 0.2) is 72.9 Å². The first-order valence-corrected chi connectivity index (χ1v) is 8.79. The minimum absolute atomic E-state index is 0.248. The molecule has 2 aromatic carbocycles. The van der Waals surface area contributed by atoms with Crippen molar-refractivity contribution in [2.45, 2.75) is 0 Å². The van der Waals surface area contributed by atoms with Crippen molar-refractivity contribution in [3.63, 3.8) is 0 Å². The van der Waals surface area contributed by atoms with E-state index in [-0.39, 0.29) is 5.91 Å². The standard InChI is InChI=1S/C20H15N3O2S/c21-17-16-7-4-12-22-20(16)26-18(17)19(24)23-13-8-10-15(11-9-13)25-14-5-2-1-3-6-14/h1-12H,21H2,(H,23,24). The Morgan fingerprint density at radius 3 is 2.42 bits per heavy atom. The number of hydrogen-bond donors (Lipinski definition) is 2. The molecule has 4 rings (SSSR count). The Bertz CT molecular complexity index is 1060. The lowest BCUT2D eigenvalue weighted by Gasteiger charge is -2.08. The first-order chi connectivity index (χ1) is 12.7. The molecule has 5 nitrogen and oxygen atoms in total. The van der Waals surface area contributed by atoms with Gasteiger partial charge in [-0.2, -0.15) is 0 Å². The van der Waals surface area contributed by atoms with Gasteiger partial charge in [-0.15, -0.1) is 11.3 Å². The quantitative estimate of drug-likeness (QED) is 0.541. The number of anilines is 2. The summed E-state index contributed by atoms with van der Waals surface area (Å²) in [6, 6.07) is 20.4. The molecule has 6 heteroatoms. The summed E-state index contributed by atoms with van der Waals surface area (Å²) in [5.74, 6) is 1.21. The number of hydrogen-bond acceptors (Lipinski definition) is 5. The minimum Gasteiger partial charge on any atom is -0.457 e. The van der Waals surface area contributed by atoms with E-state index in [0.29, 0.717) is 22.0 Å². The monoisotopic (exact) mass is 361 g/mol. The molecule has 0 unspecified atom stereocenters. The van der Waals surface area contributed by atoms with Crippen molar-refractivity contribution >= 4 is 38.8 Å². The summed E-state index contributed by atoms with van der Waals surface area (Å²) < 4.78 is 5.74. The van der Waals surface area contributed by atoms with Gasteiger partial charge in [0.15, 0.2) is 0 Å². The lowest BCUT2D eigenvalue weighted by molar-refractivity contribution is 0.103. The number of rotatable bonds is 4. The molecule has 3 N–H and O–H groups in total. The Hall–Kier alpha value is -3.38. The number of thiophene rings is 1. The van der Waals surface area contributed by atoms with E-state index in [2.05, 4.69) is 10.3 Å². The predicted molar refractivity (Wildman–Crippen MR) is 105 cm³/mol. The normalized spacial score (nSPS) is 10.6. The van der Waals surface area contributed by atoms with E-state index in [9.17, 15) is 4.79 Å². The number of carbonyl (C=O) groups excluding carboxylic acids is 1. The number of amides is 1. The highest BCUT2D eigenvalue weighted by Gasteiger charge is 2.17. The zero-order chi connectivity index (χ0) is 17.9. The van der Waals surface area contributed by atoms with E-state index in [1.807, 2.05) is 36.4 Å². The molecule has 26 heavy (non-hydrogen) atoms. The Kier molecular flexibility index (Phi) is 4.25. The van der Waals surface area contributed by atoms with E-state index in [1.165, 1.54) is 11.3 Å². The van der Waals surface area contributed by atoms with E-state index in [4.69, 9.17) is 10.5 Å². The second-order valence-corrected chi connectivity index (χ2v) is 6.59. The maximum Gasteiger partial charge on any atom is 0.267 e. The first kappa shape index (κ1) is 16.1. The molecule has 1 amide bonds. The van der Waals surface area contributed by atoms with Gasteiger partial charge >= 0.3 is 0 Å². The average Bonchev–Trinajstić information content (AvgIpc) is 3.01. The first-order valence-electron chi connectivity index (χ1n) is 7.98. The molecule has 0 aliphatic heterocycles. The molecular weight excluding hydrogens is 346 g/mol. The molecule has 0 bridgehead atoms. The zero-order valence-corrected chi connectivity index (χ0v) is 14.5. The Morgan fingerprint density at radius 2 is 1.69 bits per heavy atom. The summed E-state index contributed by atoms with van der Waals surface area (Å²) in [6.07, 6.45) is 1.69. The van der Waals surface area contributed by atoms with E-state index >= 15 is 0 Å². The topological polar surface area (TPSA) is 77.2 Å². The van der Waals surface area contributed by atoms with Crippen LogP contribution in [0.4, 0.5) is 11.4 Å². The lowest BCUT2D eigenvalue weighted by atomic mass is 10.2. The zero-order valence-electron chi connectivity index (χ0n) is 13.7. The smallest absolute Gasteiger partial charge is 0.267 e. The fraction of sp³-hybridized carbons (Fsp3) is 0. The Morgan fingerprint density at radius 1 is 0.962 bits per heavy atom. The van der Waals surface area contributed by atoms with Crippen LogP contribution >= 0.6 is 11.3 Å². The van der Waals surface area contributed by atoms with Crippen molar-refractivity contribution in [1.29, 1.82) is 0 Å². The minimum atomic E-state index is -0.248. The largest absolute Gasteiger partial charge is 0.457 e. The van der Waals surface area contributed by atoms with Gasteiger partial charge in [-0.3, -0.25) is 4.79 Å². The van der Waals surface area contributed by atoms with E-state index in [0.717, 1.165) is 16.0 Å². The van der Waals surface area contributed by atoms with Crippen LogP contribution in [0.3, 0.4) is 0 Å². The van der Waals surface area contributed by atoms with Crippen LogP contribution in [0, 0.1) is 0 Å². The highest BCUT2D eigenvalue weighted by molar-refractivity contribution is 7.21. The van der Waals surface area contributed by atoms with Gasteiger partial charge in [0.05, 0.1) is 5.69 Å². The van der Waals surface area contributed by atoms with Crippen molar-refractivity contribution < 1.29 is 9.53 Å². The number of aromatic nitrogens is 1. The summed E-state index contributed by atoms with van der Waals surface area (Å²) in [5, 5.41) is 3.66. The SMILES string of the molecule is Nc1c(C(=O)Nc2ccc(Oc3ccccc3)cc2)sc2ncccc12. The number of nitrogens with zero attached hydrogens (tertiary/aromatic N) is 1. The summed E-state index contributed by atoms with van der Waals surface area (Å²) in [5.41, 5.74) is 7.22. The van der Waals surface area contributed by atoms with E-state index < -0.39 is 0 Å². The maximum atomic E-state index is 12.5. The molecule has 0 saturated carbocycles. The van der Waals surface area contributed by atoms with Crippen molar-refractivity contribution in [2.24, 2.45) is 0 Å². The van der Waals surface area contributed by atoms with Crippen LogP contribution in [0.1, 0.15) is 9.67 Å². The van der Waals surface area contributed by atoms with Gasteiger partial charge in [-0.1, -0.05) is 18.2 Å². The van der Waals surface area contributed by atoms with Gasteiger partial charge in [0.1, 0.15) is 21.2 Å². The van der Waals surface area contributed by atoms with Crippen molar-refractivity contribution in [2.75, 3.05) is 11.1 Å². The van der Waals surface area contributed by atoms with Crippen molar-refractivity contribution in [3.05, 3.63) is 77.8 Å². The van der Waals surface area contributed by atoms with Crippen LogP contribution in [0.25, 0.3) is 10.2 Å². The molecule has 0 spiro atoms. The number of ether oxygens (including phenoxy) is 1. The number of benzene rings is 2. The third-order valence-electron chi connectivity index (χ3n) is 3.80. The molecule has 2 aromatic heterocycles. The molecule has 2 heterocycles. The second-order valence-electron chi connectivity index (χ2n) is 5.59. The molecule has 0 saturated heterocycles. The van der Waals surface area contributed by atoms with Gasteiger partial charge in [0.25, 0.3) is 5.91 Å². The summed E-state index contributed by atoms with van der Waals surface area (Å²) in [7, 11) is 0. The molecule has 0 aliphatic rings. The van der Waals surface area contributed by atoms with Crippen molar-refractivity contribution in [3.8, 4) is 11.5 Å². The van der Waals surface area contributed by atoms with Gasteiger partial charge in [-0.25, -0.2) is 4.98 Å². The molecule has 0 fully saturated rings. The third kappa shape index (κ3) is 3.22. The maximum absolute atomic E-state index is 12.5. The van der Waals surface area contributed by atoms with Gasteiger partial charge in [-0.05, 0) is 48.5 Å². The van der Waals surface area contributed by atoms with Crippen LogP contribution in [0.2, 0.25) is 0 Å². The summed E-state index contributed by atoms with van der Waals surface area (Å²) in [6.45, 7) is 0. The highest BCUT2D eigenvalue weighted by Crippen LogP contribution is 2.32. The number of nitrogen functional groups attached to an aromatic ring is 1. The van der Waals surface area contributed by atoms with Crippen LogP contribution in [-0.2, 0) is 0 Å². The number of para-hydroxylation sites is 1. The van der Waals surface area contributed by atoms with Crippen LogP contribution in [-0.4, -0.2) is 10.9 Å². The second kappa shape index (κ2) is 6.85. The number of pyridine rings is 1. The lowest BCUT2D eigenvalue weighted by Crippen LogP contribution is -2.11. The fourth-order valence-corrected chi connectivity index (χ4v) is 3.50. The average molecular weight is 361 g/mol. The highest BCUT2D eigenvalue weighted by atomic mass is 32.1. The Labute approximate surface area is 154 Å². The van der Waals surface area contributed by atoms with Crippen LogP contribution < -0.4 is 15.8 Å². The molecular formula is C20H15N3O2S. The molecule has 0 atom stereocenters. The molecule has 0 aliphatic carbocycles. The Balaban J connectivity index is 1.49. The number of nitrogens with one attached hydrogen (secondary N) is 1. The van der Waals surface area contributed by atoms with Gasteiger partial charge in [0, 0.05) is 17.3 Å². The summed E-state index contributed by atoms with van der Waals surface area (Å²) >= 11 is 1.28. The fourth-order valence-electron chi connectivity index (χ4n) is 2.54. The molecule has 4 aromatic rings. The number of carbonyl (C=O) groups is 1. The molecule has 128 valence electrons. The molecule has 0 radical (unpaired) electrons. The van der Waals surface area contributed by atoms with Gasteiger partial charge < -0.3 is 15.8 Å². The summed E-state index contributed by atoms with van der Waals surface area (Å²) in [4.78, 5) is 18.0. The van der Waals surface area contributed by atoms with Gasteiger partial charge in [0.2, 0.25) is 0 Å². The van der Waals surface area contributed by atoms with Crippen molar-refractivity contribution in [1.82, 2.24) is 4.98 Å². The third-order valence-corrected chi connectivity index (χ3v) is 4.93. The number of nitrogens with two attached hydrogens (primary N) is 1. The van der Waals surface area contributed by atoms with Crippen LogP contribution in [0.5, 0.6) is 11.5 Å². The van der Waals surface area contributed by atoms with E-state index in [1.54, 1.807) is 36.5 Å².